The van der Waals surface area contributed by atoms with Gasteiger partial charge in [0.1, 0.15) is 12.4 Å². The van der Waals surface area contributed by atoms with E-state index in [0.29, 0.717) is 12.6 Å². The van der Waals surface area contributed by atoms with Crippen LogP contribution in [0.25, 0.3) is 11.0 Å². The number of imidazole rings is 1. The van der Waals surface area contributed by atoms with E-state index in [1.54, 1.807) is 0 Å². The van der Waals surface area contributed by atoms with Crippen molar-refractivity contribution in [2.45, 2.75) is 58.1 Å². The van der Waals surface area contributed by atoms with Gasteiger partial charge in [0.25, 0.3) is 0 Å². The Morgan fingerprint density at radius 1 is 1.22 bits per heavy atom. The predicted octanol–water partition coefficient (Wildman–Crippen LogP) is 3.37. The summed E-state index contributed by atoms with van der Waals surface area (Å²) in [5, 5.41) is 6.71. The first-order valence-electron chi connectivity index (χ1n) is 10.3. The number of hydrogen-bond donors (Lipinski definition) is 2. The lowest BCUT2D eigenvalue weighted by molar-refractivity contribution is 0.0277. The Bertz CT molecular complexity index is 733. The van der Waals surface area contributed by atoms with Crippen LogP contribution < -0.4 is 10.6 Å². The van der Waals surface area contributed by atoms with Gasteiger partial charge in [-0.15, -0.1) is 0 Å². The highest BCUT2D eigenvalue weighted by atomic mass is 16.5. The van der Waals surface area contributed by atoms with E-state index in [-0.39, 0.29) is 0 Å². The maximum absolute atomic E-state index is 5.99. The van der Waals surface area contributed by atoms with E-state index >= 15 is 0 Å². The summed E-state index contributed by atoms with van der Waals surface area (Å²) in [7, 11) is 2.04. The first-order chi connectivity index (χ1) is 13.3. The molecule has 1 aromatic heterocycles. The summed E-state index contributed by atoms with van der Waals surface area (Å²) in [4.78, 5) is 9.38. The van der Waals surface area contributed by atoms with Crippen LogP contribution in [0.1, 0.15) is 51.3 Å². The lowest BCUT2D eigenvalue weighted by Crippen LogP contribution is -2.38. The Morgan fingerprint density at radius 2 is 2.04 bits per heavy atom. The molecule has 2 aromatic rings. The molecular weight excluding hydrogens is 338 g/mol. The average molecular weight is 372 g/mol. The molecule has 0 spiro atoms. The van der Waals surface area contributed by atoms with Gasteiger partial charge in [0.05, 0.1) is 17.1 Å². The van der Waals surface area contributed by atoms with Crippen LogP contribution in [0.3, 0.4) is 0 Å². The molecule has 1 saturated carbocycles. The molecule has 27 heavy (non-hydrogen) atoms. The van der Waals surface area contributed by atoms with E-state index in [1.807, 2.05) is 25.2 Å². The zero-order chi connectivity index (χ0) is 18.9. The highest BCUT2D eigenvalue weighted by molar-refractivity contribution is 5.80. The first-order valence-corrected chi connectivity index (χ1v) is 10.3. The van der Waals surface area contributed by atoms with Crippen molar-refractivity contribution >= 4 is 17.0 Å². The maximum atomic E-state index is 5.99. The Kier molecular flexibility index (Phi) is 7.51. The summed E-state index contributed by atoms with van der Waals surface area (Å²) in [6.07, 6.45) is 7.96. The van der Waals surface area contributed by atoms with Crippen molar-refractivity contribution in [3.05, 3.63) is 30.1 Å². The van der Waals surface area contributed by atoms with E-state index in [0.717, 1.165) is 48.9 Å². The largest absolute Gasteiger partial charge is 0.378 e. The highest BCUT2D eigenvalue weighted by Gasteiger charge is 2.13. The van der Waals surface area contributed by atoms with Crippen molar-refractivity contribution in [1.82, 2.24) is 20.2 Å². The second-order valence-electron chi connectivity index (χ2n) is 7.18. The van der Waals surface area contributed by atoms with Gasteiger partial charge in [-0.1, -0.05) is 31.4 Å². The minimum Gasteiger partial charge on any atom is -0.378 e. The molecule has 1 aliphatic rings. The first kappa shape index (κ1) is 19.7. The molecular formula is C21H33N5O. The number of rotatable bonds is 8. The lowest BCUT2D eigenvalue weighted by atomic mass is 9.98. The number of nitrogens with zero attached hydrogens (tertiary/aromatic N) is 3. The van der Waals surface area contributed by atoms with Gasteiger partial charge in [-0.25, -0.2) is 9.98 Å². The number of para-hydroxylation sites is 2. The summed E-state index contributed by atoms with van der Waals surface area (Å²) in [6.45, 7) is 5.16. The van der Waals surface area contributed by atoms with Crippen LogP contribution in [0.5, 0.6) is 0 Å². The average Bonchev–Trinajstić information content (AvgIpc) is 3.02. The van der Waals surface area contributed by atoms with Crippen molar-refractivity contribution in [2.75, 3.05) is 19.7 Å². The molecule has 0 bridgehead atoms. The molecule has 0 unspecified atom stereocenters. The summed E-state index contributed by atoms with van der Waals surface area (Å²) in [6, 6.07) is 8.19. The summed E-state index contributed by atoms with van der Waals surface area (Å²) >= 11 is 0. The van der Waals surface area contributed by atoms with Crippen LogP contribution in [0.4, 0.5) is 0 Å². The number of ether oxygens (including phenoxy) is 1. The van der Waals surface area contributed by atoms with Crippen LogP contribution in [-0.4, -0.2) is 41.3 Å². The number of hydrogen-bond acceptors (Lipinski definition) is 3. The molecule has 0 saturated heterocycles. The third-order valence-corrected chi connectivity index (χ3v) is 5.12. The van der Waals surface area contributed by atoms with Gasteiger partial charge in [0.2, 0.25) is 0 Å². The van der Waals surface area contributed by atoms with Crippen LogP contribution in [0.2, 0.25) is 0 Å². The standard InChI is InChI=1S/C21H33N5O/c1-3-22-21(23-14-9-15-27-17-10-5-4-6-11-17)24-16-20-25-18-12-7-8-13-19(18)26(20)2/h7-8,12-13,17H,3-6,9-11,14-16H2,1-2H3,(H2,22,23,24). The van der Waals surface area contributed by atoms with Crippen LogP contribution in [-0.2, 0) is 18.3 Å². The Labute approximate surface area is 162 Å². The normalized spacial score (nSPS) is 16.0. The minimum absolute atomic E-state index is 0.484. The fourth-order valence-electron chi connectivity index (χ4n) is 3.59. The highest BCUT2D eigenvalue weighted by Crippen LogP contribution is 2.20. The maximum Gasteiger partial charge on any atom is 0.191 e. The van der Waals surface area contributed by atoms with Gasteiger partial charge in [-0.3, -0.25) is 0 Å². The summed E-state index contributed by atoms with van der Waals surface area (Å²) < 4.78 is 8.10. The second kappa shape index (κ2) is 10.3. The molecule has 6 heteroatoms. The number of nitrogens with one attached hydrogen (secondary N) is 2. The van der Waals surface area contributed by atoms with E-state index in [1.165, 1.54) is 32.1 Å². The SMILES string of the molecule is CCNC(=NCc1nc2ccccc2n1C)NCCCOC1CCCCC1. The van der Waals surface area contributed by atoms with Crippen LogP contribution >= 0.6 is 0 Å². The number of guanidine groups is 1. The number of aryl methyl sites for hydroxylation is 1. The van der Waals surface area contributed by atoms with Gasteiger partial charge in [-0.2, -0.15) is 0 Å². The van der Waals surface area contributed by atoms with Gasteiger partial charge in [-0.05, 0) is 38.3 Å². The molecule has 0 atom stereocenters. The fourth-order valence-corrected chi connectivity index (χ4v) is 3.59. The molecule has 148 valence electrons. The molecule has 0 amide bonds. The fraction of sp³-hybridized carbons (Fsp3) is 0.619. The van der Waals surface area contributed by atoms with Crippen molar-refractivity contribution in [1.29, 1.82) is 0 Å². The topological polar surface area (TPSA) is 63.5 Å². The third kappa shape index (κ3) is 5.70. The van der Waals surface area contributed by atoms with Gasteiger partial charge in [0, 0.05) is 26.7 Å². The molecule has 3 rings (SSSR count). The monoisotopic (exact) mass is 371 g/mol. The number of aromatic nitrogens is 2. The van der Waals surface area contributed by atoms with Crippen molar-refractivity contribution in [2.24, 2.45) is 12.0 Å². The lowest BCUT2D eigenvalue weighted by Gasteiger charge is -2.22. The number of benzene rings is 1. The van der Waals surface area contributed by atoms with Gasteiger partial charge < -0.3 is 19.9 Å². The Morgan fingerprint density at radius 3 is 2.81 bits per heavy atom. The Balaban J connectivity index is 1.46. The molecule has 2 N–H and O–H groups in total. The van der Waals surface area contributed by atoms with Crippen LogP contribution in [0, 0.1) is 0 Å². The number of fused-ring (bicyclic) bond motifs is 1. The van der Waals surface area contributed by atoms with E-state index in [4.69, 9.17) is 9.73 Å². The zero-order valence-electron chi connectivity index (χ0n) is 16.7. The smallest absolute Gasteiger partial charge is 0.191 e. The third-order valence-electron chi connectivity index (χ3n) is 5.12. The molecule has 1 heterocycles. The summed E-state index contributed by atoms with van der Waals surface area (Å²) in [5.74, 6) is 1.80. The van der Waals surface area contributed by atoms with Crippen molar-refractivity contribution < 1.29 is 4.74 Å². The second-order valence-corrected chi connectivity index (χ2v) is 7.18. The zero-order valence-corrected chi connectivity index (χ0v) is 16.7. The minimum atomic E-state index is 0.484. The van der Waals surface area contributed by atoms with Crippen LogP contribution in [0.15, 0.2) is 29.3 Å². The summed E-state index contributed by atoms with van der Waals surface area (Å²) in [5.41, 5.74) is 2.16. The quantitative estimate of drug-likeness (QED) is 0.424. The Hall–Kier alpha value is -2.08. The molecule has 1 aromatic carbocycles. The van der Waals surface area contributed by atoms with Gasteiger partial charge >= 0.3 is 0 Å². The molecule has 1 aliphatic carbocycles. The molecule has 0 aliphatic heterocycles. The van der Waals surface area contributed by atoms with Gasteiger partial charge in [0.15, 0.2) is 5.96 Å². The molecule has 6 nitrogen and oxygen atoms in total. The number of aliphatic imine (C=N–C) groups is 1. The van der Waals surface area contributed by atoms with E-state index in [9.17, 15) is 0 Å². The van der Waals surface area contributed by atoms with E-state index < -0.39 is 0 Å². The molecule has 1 fully saturated rings. The van der Waals surface area contributed by atoms with Crippen molar-refractivity contribution in [3.8, 4) is 0 Å². The van der Waals surface area contributed by atoms with Crippen molar-refractivity contribution in [3.63, 3.8) is 0 Å². The predicted molar refractivity (Wildman–Crippen MR) is 111 cm³/mol. The molecule has 0 radical (unpaired) electrons. The van der Waals surface area contributed by atoms with E-state index in [2.05, 4.69) is 33.2 Å².